The van der Waals surface area contributed by atoms with Crippen molar-refractivity contribution in [3.8, 4) is 11.5 Å². The fourth-order valence-corrected chi connectivity index (χ4v) is 1.98. The number of benzene rings is 2. The van der Waals surface area contributed by atoms with Crippen LogP contribution >= 0.6 is 0 Å². The number of methoxy groups -OCH3 is 1. The maximum atomic E-state index is 11.0. The van der Waals surface area contributed by atoms with Crippen LogP contribution in [0.25, 0.3) is 0 Å². The molecular weight excluding hydrogens is 280 g/mol. The monoisotopic (exact) mass is 300 g/mol. The predicted octanol–water partition coefficient (Wildman–Crippen LogP) is 2.44. The van der Waals surface area contributed by atoms with Crippen LogP contribution < -0.4 is 16.2 Å². The molecule has 2 aromatic rings. The standard InChI is InChI=1S/C17H20N2O3/c1-17(19,21-2)11-12-3-7-14(8-4-12)22-15-9-5-13(6-10-15)16(18)20/h3-10H,11,19H2,1-2H3,(H2,18,20). The summed E-state index contributed by atoms with van der Waals surface area (Å²) in [5.41, 5.74) is 12.0. The molecule has 0 spiro atoms. The Hall–Kier alpha value is -2.37. The lowest BCUT2D eigenvalue weighted by Gasteiger charge is -2.22. The van der Waals surface area contributed by atoms with Crippen LogP contribution in [0, 0.1) is 0 Å². The molecule has 116 valence electrons. The average molecular weight is 300 g/mol. The Kier molecular flexibility index (Phi) is 4.80. The highest BCUT2D eigenvalue weighted by molar-refractivity contribution is 5.92. The lowest BCUT2D eigenvalue weighted by Crippen LogP contribution is -2.40. The van der Waals surface area contributed by atoms with Crippen molar-refractivity contribution in [1.82, 2.24) is 0 Å². The van der Waals surface area contributed by atoms with E-state index < -0.39 is 11.6 Å². The molecule has 1 unspecified atom stereocenters. The second-order valence-electron chi connectivity index (χ2n) is 5.33. The summed E-state index contributed by atoms with van der Waals surface area (Å²) in [5.74, 6) is 0.879. The molecule has 1 amide bonds. The summed E-state index contributed by atoms with van der Waals surface area (Å²) in [6.45, 7) is 1.83. The number of ether oxygens (including phenoxy) is 2. The Morgan fingerprint density at radius 2 is 1.55 bits per heavy atom. The van der Waals surface area contributed by atoms with Crippen molar-refractivity contribution in [2.24, 2.45) is 11.5 Å². The van der Waals surface area contributed by atoms with Crippen LogP contribution in [0.1, 0.15) is 22.8 Å². The zero-order valence-corrected chi connectivity index (χ0v) is 12.7. The van der Waals surface area contributed by atoms with E-state index in [9.17, 15) is 4.79 Å². The van der Waals surface area contributed by atoms with Crippen LogP contribution in [0.3, 0.4) is 0 Å². The van der Waals surface area contributed by atoms with Crippen LogP contribution in [-0.2, 0) is 11.2 Å². The average Bonchev–Trinajstić information content (AvgIpc) is 2.49. The van der Waals surface area contributed by atoms with Gasteiger partial charge in [0.2, 0.25) is 5.91 Å². The predicted molar refractivity (Wildman–Crippen MR) is 84.8 cm³/mol. The van der Waals surface area contributed by atoms with Crippen molar-refractivity contribution < 1.29 is 14.3 Å². The molecule has 0 saturated carbocycles. The summed E-state index contributed by atoms with van der Waals surface area (Å²) in [6, 6.07) is 14.3. The van der Waals surface area contributed by atoms with Crippen LogP contribution in [-0.4, -0.2) is 18.7 Å². The van der Waals surface area contributed by atoms with Gasteiger partial charge in [-0.2, -0.15) is 0 Å². The van der Waals surface area contributed by atoms with Gasteiger partial charge in [0.05, 0.1) is 0 Å². The third-order valence-corrected chi connectivity index (χ3v) is 3.32. The minimum atomic E-state index is -0.688. The molecule has 0 radical (unpaired) electrons. The number of rotatable bonds is 6. The first-order chi connectivity index (χ1) is 10.4. The number of carbonyl (C=O) groups is 1. The van der Waals surface area contributed by atoms with Crippen molar-refractivity contribution in [1.29, 1.82) is 0 Å². The molecular formula is C17H20N2O3. The van der Waals surface area contributed by atoms with Gasteiger partial charge in [-0.3, -0.25) is 4.79 Å². The molecule has 5 heteroatoms. The topological polar surface area (TPSA) is 87.6 Å². The van der Waals surface area contributed by atoms with Crippen LogP contribution in [0.5, 0.6) is 11.5 Å². The van der Waals surface area contributed by atoms with Gasteiger partial charge in [-0.15, -0.1) is 0 Å². The van der Waals surface area contributed by atoms with Gasteiger partial charge in [0.25, 0.3) is 0 Å². The molecule has 1 atom stereocenters. The molecule has 0 aliphatic carbocycles. The van der Waals surface area contributed by atoms with Gasteiger partial charge >= 0.3 is 0 Å². The zero-order valence-electron chi connectivity index (χ0n) is 12.7. The van der Waals surface area contributed by atoms with Crippen LogP contribution in [0.2, 0.25) is 0 Å². The van der Waals surface area contributed by atoms with E-state index in [2.05, 4.69) is 0 Å². The molecule has 0 heterocycles. The van der Waals surface area contributed by atoms with E-state index in [4.69, 9.17) is 20.9 Å². The molecule has 22 heavy (non-hydrogen) atoms. The third-order valence-electron chi connectivity index (χ3n) is 3.32. The Balaban J connectivity index is 2.03. The SMILES string of the molecule is COC(C)(N)Cc1ccc(Oc2ccc(C(N)=O)cc2)cc1. The number of hydrogen-bond acceptors (Lipinski definition) is 4. The Bertz CT molecular complexity index is 634. The third kappa shape index (κ3) is 4.31. The van der Waals surface area contributed by atoms with Gasteiger partial charge in [0, 0.05) is 19.1 Å². The summed E-state index contributed by atoms with van der Waals surface area (Å²) in [4.78, 5) is 11.0. The lowest BCUT2D eigenvalue weighted by molar-refractivity contribution is 0.0121. The Labute approximate surface area is 129 Å². The van der Waals surface area contributed by atoms with Gasteiger partial charge in [-0.1, -0.05) is 12.1 Å². The molecule has 0 bridgehead atoms. The highest BCUT2D eigenvalue weighted by Gasteiger charge is 2.17. The van der Waals surface area contributed by atoms with Crippen molar-refractivity contribution in [3.63, 3.8) is 0 Å². The number of carbonyl (C=O) groups excluding carboxylic acids is 1. The smallest absolute Gasteiger partial charge is 0.248 e. The molecule has 2 aromatic carbocycles. The second-order valence-corrected chi connectivity index (χ2v) is 5.33. The van der Waals surface area contributed by atoms with Crippen molar-refractivity contribution in [2.75, 3.05) is 7.11 Å². The lowest BCUT2D eigenvalue weighted by atomic mass is 10.0. The van der Waals surface area contributed by atoms with Crippen molar-refractivity contribution in [3.05, 3.63) is 59.7 Å². The second kappa shape index (κ2) is 6.60. The summed E-state index contributed by atoms with van der Waals surface area (Å²) >= 11 is 0. The summed E-state index contributed by atoms with van der Waals surface area (Å²) in [5, 5.41) is 0. The van der Waals surface area contributed by atoms with Crippen molar-refractivity contribution in [2.45, 2.75) is 19.1 Å². The normalized spacial score (nSPS) is 13.4. The van der Waals surface area contributed by atoms with Gasteiger partial charge in [0.15, 0.2) is 0 Å². The highest BCUT2D eigenvalue weighted by Crippen LogP contribution is 2.23. The number of primary amides is 1. The quantitative estimate of drug-likeness (QED) is 0.802. The molecule has 0 aliphatic heterocycles. The maximum absolute atomic E-state index is 11.0. The maximum Gasteiger partial charge on any atom is 0.248 e. The van der Waals surface area contributed by atoms with E-state index in [0.29, 0.717) is 23.5 Å². The molecule has 0 aliphatic rings. The highest BCUT2D eigenvalue weighted by atomic mass is 16.5. The molecule has 2 rings (SSSR count). The van der Waals surface area contributed by atoms with Gasteiger partial charge < -0.3 is 20.9 Å². The fourth-order valence-electron chi connectivity index (χ4n) is 1.98. The van der Waals surface area contributed by atoms with E-state index in [-0.39, 0.29) is 0 Å². The molecule has 0 saturated heterocycles. The van der Waals surface area contributed by atoms with Gasteiger partial charge in [-0.25, -0.2) is 0 Å². The number of amides is 1. The first kappa shape index (κ1) is 16.0. The minimum absolute atomic E-state index is 0.449. The molecule has 4 N–H and O–H groups in total. The van der Waals surface area contributed by atoms with Crippen molar-refractivity contribution >= 4 is 5.91 Å². The summed E-state index contributed by atoms with van der Waals surface area (Å²) in [7, 11) is 1.59. The van der Waals surface area contributed by atoms with Gasteiger partial charge in [0.1, 0.15) is 17.2 Å². The summed E-state index contributed by atoms with van der Waals surface area (Å²) < 4.78 is 10.9. The Morgan fingerprint density at radius 1 is 1.05 bits per heavy atom. The number of hydrogen-bond donors (Lipinski definition) is 2. The largest absolute Gasteiger partial charge is 0.457 e. The molecule has 0 aromatic heterocycles. The van der Waals surface area contributed by atoms with E-state index in [1.54, 1.807) is 31.4 Å². The van der Waals surface area contributed by atoms with E-state index >= 15 is 0 Å². The fraction of sp³-hybridized carbons (Fsp3) is 0.235. The number of nitrogens with two attached hydrogens (primary N) is 2. The van der Waals surface area contributed by atoms with Crippen LogP contribution in [0.15, 0.2) is 48.5 Å². The minimum Gasteiger partial charge on any atom is -0.457 e. The van der Waals surface area contributed by atoms with E-state index in [0.717, 1.165) is 5.56 Å². The first-order valence-electron chi connectivity index (χ1n) is 6.90. The zero-order chi connectivity index (χ0) is 16.2. The van der Waals surface area contributed by atoms with E-state index in [1.807, 2.05) is 31.2 Å². The van der Waals surface area contributed by atoms with Crippen LogP contribution in [0.4, 0.5) is 0 Å². The summed E-state index contributed by atoms with van der Waals surface area (Å²) in [6.07, 6.45) is 0.608. The molecule has 5 nitrogen and oxygen atoms in total. The Morgan fingerprint density at radius 3 is 2.00 bits per heavy atom. The first-order valence-corrected chi connectivity index (χ1v) is 6.90. The van der Waals surface area contributed by atoms with E-state index in [1.165, 1.54) is 0 Å². The van der Waals surface area contributed by atoms with Gasteiger partial charge in [-0.05, 0) is 48.9 Å². The molecule has 0 fully saturated rings.